The highest BCUT2D eigenvalue weighted by Gasteiger charge is 2.41. The van der Waals surface area contributed by atoms with Gasteiger partial charge >= 0.3 is 12.2 Å². The Hall–Kier alpha value is -1.46. The van der Waals surface area contributed by atoms with E-state index in [1.807, 2.05) is 20.8 Å². The first kappa shape index (κ1) is 12.0. The fourth-order valence-corrected chi connectivity index (χ4v) is 1.90. The summed E-state index contributed by atoms with van der Waals surface area (Å²) in [6.07, 6.45) is -0.662. The second-order valence-corrected chi connectivity index (χ2v) is 5.49. The van der Waals surface area contributed by atoms with Crippen molar-refractivity contribution in [1.29, 1.82) is 0 Å². The summed E-state index contributed by atoms with van der Waals surface area (Å²) in [6.45, 7) is 7.14. The van der Waals surface area contributed by atoms with Crippen molar-refractivity contribution in [3.05, 3.63) is 0 Å². The maximum absolute atomic E-state index is 11.7. The third kappa shape index (κ3) is 2.81. The molecule has 0 aromatic heterocycles. The quantitative estimate of drug-likeness (QED) is 0.743. The predicted molar refractivity (Wildman–Crippen MR) is 59.6 cm³/mol. The minimum absolute atomic E-state index is 0.0289. The molecule has 2 fully saturated rings. The van der Waals surface area contributed by atoms with E-state index in [2.05, 4.69) is 5.32 Å². The van der Waals surface area contributed by atoms with E-state index in [-0.39, 0.29) is 24.1 Å². The number of alkyl carbamates (subject to hydrolysis) is 1. The maximum Gasteiger partial charge on any atom is 0.410 e. The molecule has 2 aliphatic rings. The van der Waals surface area contributed by atoms with Crippen LogP contribution in [-0.4, -0.2) is 48.4 Å². The molecule has 0 spiro atoms. The number of ether oxygens (including phenoxy) is 2. The second kappa shape index (κ2) is 4.09. The summed E-state index contributed by atoms with van der Waals surface area (Å²) in [6, 6.07) is 0.0289. The van der Waals surface area contributed by atoms with Crippen molar-refractivity contribution in [1.82, 2.24) is 10.2 Å². The smallest absolute Gasteiger partial charge is 0.410 e. The van der Waals surface area contributed by atoms with Crippen LogP contribution in [0, 0.1) is 5.92 Å². The van der Waals surface area contributed by atoms with Gasteiger partial charge in [-0.1, -0.05) is 0 Å². The molecule has 0 bridgehead atoms. The van der Waals surface area contributed by atoms with Crippen molar-refractivity contribution in [2.45, 2.75) is 32.4 Å². The van der Waals surface area contributed by atoms with Gasteiger partial charge in [0.15, 0.2) is 0 Å². The number of likely N-dealkylation sites (tertiary alicyclic amines) is 1. The van der Waals surface area contributed by atoms with Gasteiger partial charge in [-0.3, -0.25) is 0 Å². The molecule has 2 rings (SSSR count). The molecule has 1 atom stereocenters. The molecule has 2 heterocycles. The molecule has 0 radical (unpaired) electrons. The molecule has 1 unspecified atom stereocenters. The third-order valence-electron chi connectivity index (χ3n) is 2.83. The first-order valence-corrected chi connectivity index (χ1v) is 5.76. The lowest BCUT2D eigenvalue weighted by atomic mass is 9.93. The van der Waals surface area contributed by atoms with Gasteiger partial charge in [0.25, 0.3) is 0 Å². The number of carbonyl (C=O) groups is 2. The normalized spacial score (nSPS) is 25.0. The van der Waals surface area contributed by atoms with E-state index >= 15 is 0 Å². The zero-order valence-corrected chi connectivity index (χ0v) is 10.4. The largest absolute Gasteiger partial charge is 0.447 e. The fourth-order valence-electron chi connectivity index (χ4n) is 1.90. The highest BCUT2D eigenvalue weighted by Crippen LogP contribution is 2.23. The lowest BCUT2D eigenvalue weighted by Gasteiger charge is -2.41. The number of cyclic esters (lactones) is 1. The van der Waals surface area contributed by atoms with Gasteiger partial charge in [-0.05, 0) is 20.8 Å². The van der Waals surface area contributed by atoms with Crippen LogP contribution in [0.1, 0.15) is 20.8 Å². The second-order valence-electron chi connectivity index (χ2n) is 5.49. The van der Waals surface area contributed by atoms with Gasteiger partial charge in [0.05, 0.1) is 6.04 Å². The Bertz CT molecular complexity index is 331. The average Bonchev–Trinajstić information content (AvgIpc) is 2.45. The molecular formula is C11H18N2O4. The highest BCUT2D eigenvalue weighted by atomic mass is 16.6. The zero-order valence-electron chi connectivity index (χ0n) is 10.4. The van der Waals surface area contributed by atoms with Crippen LogP contribution in [0.4, 0.5) is 9.59 Å². The molecule has 2 aliphatic heterocycles. The minimum atomic E-state index is -0.465. The molecule has 6 heteroatoms. The summed E-state index contributed by atoms with van der Waals surface area (Å²) in [7, 11) is 0. The Balaban J connectivity index is 1.75. The Kier molecular flexibility index (Phi) is 2.89. The van der Waals surface area contributed by atoms with E-state index in [4.69, 9.17) is 9.47 Å². The van der Waals surface area contributed by atoms with Gasteiger partial charge in [0.1, 0.15) is 12.2 Å². The molecule has 0 aliphatic carbocycles. The van der Waals surface area contributed by atoms with E-state index in [0.717, 1.165) is 0 Å². The Labute approximate surface area is 100 Å². The SMILES string of the molecule is CC(C)(C)OC(=O)N1CC(C2COC(=O)N2)C1. The molecular weight excluding hydrogens is 224 g/mol. The van der Waals surface area contributed by atoms with Gasteiger partial charge in [0, 0.05) is 19.0 Å². The highest BCUT2D eigenvalue weighted by molar-refractivity contribution is 5.71. The summed E-state index contributed by atoms with van der Waals surface area (Å²) in [5.74, 6) is 0.272. The zero-order chi connectivity index (χ0) is 12.6. The van der Waals surface area contributed by atoms with Crippen LogP contribution in [0.25, 0.3) is 0 Å². The third-order valence-corrected chi connectivity index (χ3v) is 2.83. The summed E-state index contributed by atoms with van der Waals surface area (Å²) in [4.78, 5) is 24.2. The van der Waals surface area contributed by atoms with Gasteiger partial charge in [-0.25, -0.2) is 9.59 Å². The number of nitrogens with one attached hydrogen (secondary N) is 1. The van der Waals surface area contributed by atoms with Gasteiger partial charge in [-0.2, -0.15) is 0 Å². The summed E-state index contributed by atoms with van der Waals surface area (Å²) in [5.41, 5.74) is -0.465. The lowest BCUT2D eigenvalue weighted by molar-refractivity contribution is -0.00624. The number of hydrogen-bond acceptors (Lipinski definition) is 4. The summed E-state index contributed by atoms with van der Waals surface area (Å²) in [5, 5.41) is 2.72. The first-order valence-electron chi connectivity index (χ1n) is 5.76. The van der Waals surface area contributed by atoms with Crippen LogP contribution in [0.5, 0.6) is 0 Å². The van der Waals surface area contributed by atoms with Crippen LogP contribution >= 0.6 is 0 Å². The monoisotopic (exact) mass is 242 g/mol. The Morgan fingerprint density at radius 3 is 2.59 bits per heavy atom. The Morgan fingerprint density at radius 1 is 1.47 bits per heavy atom. The standard InChI is InChI=1S/C11H18N2O4/c1-11(2,3)17-10(15)13-4-7(5-13)8-6-16-9(14)12-8/h7-8H,4-6H2,1-3H3,(H,12,14). The van der Waals surface area contributed by atoms with Crippen molar-refractivity contribution in [3.63, 3.8) is 0 Å². The van der Waals surface area contributed by atoms with Crippen LogP contribution in [0.3, 0.4) is 0 Å². The van der Waals surface area contributed by atoms with E-state index < -0.39 is 5.60 Å². The van der Waals surface area contributed by atoms with Gasteiger partial charge in [-0.15, -0.1) is 0 Å². The van der Waals surface area contributed by atoms with Crippen molar-refractivity contribution in [2.24, 2.45) is 5.92 Å². The minimum Gasteiger partial charge on any atom is -0.447 e. The number of rotatable bonds is 1. The number of amides is 2. The summed E-state index contributed by atoms with van der Waals surface area (Å²) >= 11 is 0. The molecule has 17 heavy (non-hydrogen) atoms. The fraction of sp³-hybridized carbons (Fsp3) is 0.818. The van der Waals surface area contributed by atoms with Gasteiger partial charge < -0.3 is 19.7 Å². The van der Waals surface area contributed by atoms with Crippen LogP contribution in [0.15, 0.2) is 0 Å². The molecule has 0 aromatic rings. The van der Waals surface area contributed by atoms with Crippen molar-refractivity contribution < 1.29 is 19.1 Å². The molecule has 96 valence electrons. The van der Waals surface area contributed by atoms with E-state index in [0.29, 0.717) is 19.7 Å². The Morgan fingerprint density at radius 2 is 2.12 bits per heavy atom. The van der Waals surface area contributed by atoms with E-state index in [1.54, 1.807) is 4.90 Å². The number of nitrogens with zero attached hydrogens (tertiary/aromatic N) is 1. The number of carbonyl (C=O) groups excluding carboxylic acids is 2. The van der Waals surface area contributed by atoms with Crippen LogP contribution in [0.2, 0.25) is 0 Å². The lowest BCUT2D eigenvalue weighted by Crippen LogP contribution is -2.58. The average molecular weight is 242 g/mol. The molecule has 0 saturated carbocycles. The topological polar surface area (TPSA) is 67.9 Å². The van der Waals surface area contributed by atoms with Crippen molar-refractivity contribution >= 4 is 12.2 Å². The molecule has 6 nitrogen and oxygen atoms in total. The van der Waals surface area contributed by atoms with Gasteiger partial charge in [0.2, 0.25) is 0 Å². The molecule has 0 aromatic carbocycles. The maximum atomic E-state index is 11.7. The van der Waals surface area contributed by atoms with Crippen molar-refractivity contribution in [3.8, 4) is 0 Å². The molecule has 2 amide bonds. The molecule has 1 N–H and O–H groups in total. The molecule has 2 saturated heterocycles. The number of hydrogen-bond donors (Lipinski definition) is 1. The first-order chi connectivity index (χ1) is 7.85. The predicted octanol–water partition coefficient (Wildman–Crippen LogP) is 0.962. The van der Waals surface area contributed by atoms with Crippen LogP contribution in [-0.2, 0) is 9.47 Å². The van der Waals surface area contributed by atoms with E-state index in [1.165, 1.54) is 0 Å². The van der Waals surface area contributed by atoms with E-state index in [9.17, 15) is 9.59 Å². The van der Waals surface area contributed by atoms with Crippen molar-refractivity contribution in [2.75, 3.05) is 19.7 Å². The summed E-state index contributed by atoms with van der Waals surface area (Å²) < 4.78 is 10.1. The van der Waals surface area contributed by atoms with Crippen LogP contribution < -0.4 is 5.32 Å².